The molecule has 1 aliphatic heterocycles. The van der Waals surface area contributed by atoms with E-state index in [1.807, 2.05) is 0 Å². The molecule has 2 N–H and O–H groups in total. The van der Waals surface area contributed by atoms with E-state index in [9.17, 15) is 9.18 Å². The van der Waals surface area contributed by atoms with Crippen LogP contribution in [0.1, 0.15) is 37.7 Å². The zero-order valence-corrected chi connectivity index (χ0v) is 11.7. The number of carbonyl (C=O) groups excluding carboxylic acids is 1. The van der Waals surface area contributed by atoms with Crippen molar-refractivity contribution < 1.29 is 9.18 Å². The van der Waals surface area contributed by atoms with Crippen molar-refractivity contribution in [3.05, 3.63) is 29.6 Å². The highest BCUT2D eigenvalue weighted by Gasteiger charge is 2.42. The number of fused-ring (bicyclic) bond motifs is 1. The lowest BCUT2D eigenvalue weighted by atomic mass is 9.73. The number of hydrogen-bond acceptors (Lipinski definition) is 2. The number of nitrogens with zero attached hydrogens (tertiary/aromatic N) is 1. The molecule has 1 aliphatic carbocycles. The molecule has 0 unspecified atom stereocenters. The van der Waals surface area contributed by atoms with E-state index in [-0.39, 0.29) is 11.7 Å². The molecule has 2 aliphatic rings. The van der Waals surface area contributed by atoms with Crippen molar-refractivity contribution in [3.8, 4) is 0 Å². The highest BCUT2D eigenvalue weighted by molar-refractivity contribution is 5.99. The van der Waals surface area contributed by atoms with Gasteiger partial charge in [-0.05, 0) is 37.0 Å². The zero-order valence-electron chi connectivity index (χ0n) is 11.7. The zero-order chi connectivity index (χ0) is 14.2. The molecule has 20 heavy (non-hydrogen) atoms. The number of halogens is 1. The van der Waals surface area contributed by atoms with Crippen molar-refractivity contribution in [2.24, 2.45) is 11.1 Å². The van der Waals surface area contributed by atoms with E-state index in [1.54, 1.807) is 11.0 Å². The Morgan fingerprint density at radius 3 is 2.75 bits per heavy atom. The van der Waals surface area contributed by atoms with Gasteiger partial charge in [0.05, 0.1) is 5.41 Å². The highest BCUT2D eigenvalue weighted by atomic mass is 19.1. The number of rotatable bonds is 2. The van der Waals surface area contributed by atoms with Gasteiger partial charge in [0.25, 0.3) is 0 Å². The molecule has 0 saturated heterocycles. The summed E-state index contributed by atoms with van der Waals surface area (Å²) in [6.45, 7) is 1.05. The van der Waals surface area contributed by atoms with Crippen LogP contribution in [-0.2, 0) is 11.2 Å². The smallest absolute Gasteiger partial charge is 0.234 e. The predicted molar refractivity (Wildman–Crippen MR) is 77.0 cm³/mol. The van der Waals surface area contributed by atoms with Gasteiger partial charge in [-0.3, -0.25) is 4.79 Å². The van der Waals surface area contributed by atoms with E-state index in [0.717, 1.165) is 43.4 Å². The van der Waals surface area contributed by atoms with Gasteiger partial charge in [-0.25, -0.2) is 4.39 Å². The van der Waals surface area contributed by atoms with E-state index < -0.39 is 5.41 Å². The fourth-order valence-corrected chi connectivity index (χ4v) is 3.58. The lowest BCUT2D eigenvalue weighted by Gasteiger charge is -2.38. The standard InChI is InChI=1S/C16H21FN2O/c17-13-5-4-12-6-9-19(14(12)10-13)15(20)16(11-18)7-2-1-3-8-16/h4-5,10H,1-3,6-9,11,18H2. The van der Waals surface area contributed by atoms with Gasteiger partial charge in [0, 0.05) is 18.8 Å². The van der Waals surface area contributed by atoms with Gasteiger partial charge in [-0.15, -0.1) is 0 Å². The fraction of sp³-hybridized carbons (Fsp3) is 0.562. The Hall–Kier alpha value is -1.42. The fourth-order valence-electron chi connectivity index (χ4n) is 3.58. The maximum atomic E-state index is 13.5. The summed E-state index contributed by atoms with van der Waals surface area (Å²) in [6.07, 6.45) is 5.84. The number of anilines is 1. The number of hydrogen-bond donors (Lipinski definition) is 1. The summed E-state index contributed by atoms with van der Waals surface area (Å²) in [6, 6.07) is 4.73. The molecule has 0 radical (unpaired) electrons. The average molecular weight is 276 g/mol. The lowest BCUT2D eigenvalue weighted by Crippen LogP contribution is -2.48. The molecule has 1 aromatic carbocycles. The third kappa shape index (κ3) is 2.12. The van der Waals surface area contributed by atoms with E-state index >= 15 is 0 Å². The van der Waals surface area contributed by atoms with Gasteiger partial charge in [0.2, 0.25) is 5.91 Å². The number of nitrogens with two attached hydrogens (primary N) is 1. The second kappa shape index (κ2) is 5.17. The molecule has 0 atom stereocenters. The van der Waals surface area contributed by atoms with Crippen LogP contribution in [0.25, 0.3) is 0 Å². The molecule has 108 valence electrons. The molecule has 1 aromatic rings. The van der Waals surface area contributed by atoms with Gasteiger partial charge in [0.1, 0.15) is 5.82 Å². The van der Waals surface area contributed by atoms with Crippen molar-refractivity contribution in [3.63, 3.8) is 0 Å². The Balaban J connectivity index is 1.90. The summed E-state index contributed by atoms with van der Waals surface area (Å²) in [4.78, 5) is 14.7. The Bertz CT molecular complexity index is 523. The molecular weight excluding hydrogens is 255 g/mol. The van der Waals surface area contributed by atoms with Crippen LogP contribution in [0.4, 0.5) is 10.1 Å². The van der Waals surface area contributed by atoms with E-state index in [1.165, 1.54) is 18.6 Å². The molecule has 0 spiro atoms. The monoisotopic (exact) mass is 276 g/mol. The first-order valence-electron chi connectivity index (χ1n) is 7.47. The van der Waals surface area contributed by atoms with Crippen LogP contribution in [0.15, 0.2) is 18.2 Å². The van der Waals surface area contributed by atoms with E-state index in [0.29, 0.717) is 13.1 Å². The van der Waals surface area contributed by atoms with Crippen molar-refractivity contribution in [2.45, 2.75) is 38.5 Å². The summed E-state index contributed by atoms with van der Waals surface area (Å²) in [5.41, 5.74) is 7.31. The quantitative estimate of drug-likeness (QED) is 0.902. The van der Waals surface area contributed by atoms with Crippen LogP contribution in [-0.4, -0.2) is 19.0 Å². The molecule has 3 nitrogen and oxygen atoms in total. The topological polar surface area (TPSA) is 46.3 Å². The minimum absolute atomic E-state index is 0.101. The number of amides is 1. The van der Waals surface area contributed by atoms with Crippen LogP contribution in [0.5, 0.6) is 0 Å². The van der Waals surface area contributed by atoms with Crippen LogP contribution < -0.4 is 10.6 Å². The summed E-state index contributed by atoms with van der Waals surface area (Å²) >= 11 is 0. The predicted octanol–water partition coefficient (Wildman–Crippen LogP) is 2.62. The minimum atomic E-state index is -0.424. The minimum Gasteiger partial charge on any atom is -0.329 e. The average Bonchev–Trinajstić information content (AvgIpc) is 2.90. The third-order valence-electron chi connectivity index (χ3n) is 4.84. The first-order chi connectivity index (χ1) is 9.66. The van der Waals surface area contributed by atoms with Crippen LogP contribution >= 0.6 is 0 Å². The number of benzene rings is 1. The van der Waals surface area contributed by atoms with Gasteiger partial charge >= 0.3 is 0 Å². The Morgan fingerprint density at radius 2 is 2.05 bits per heavy atom. The second-order valence-corrected chi connectivity index (χ2v) is 6.02. The second-order valence-electron chi connectivity index (χ2n) is 6.02. The largest absolute Gasteiger partial charge is 0.329 e. The first kappa shape index (κ1) is 13.6. The van der Waals surface area contributed by atoms with Crippen LogP contribution in [0.2, 0.25) is 0 Å². The molecule has 1 saturated carbocycles. The third-order valence-corrected chi connectivity index (χ3v) is 4.84. The maximum Gasteiger partial charge on any atom is 0.234 e. The first-order valence-corrected chi connectivity index (χ1v) is 7.47. The highest BCUT2D eigenvalue weighted by Crippen LogP contribution is 2.40. The maximum absolute atomic E-state index is 13.5. The van der Waals surface area contributed by atoms with Crippen LogP contribution in [0.3, 0.4) is 0 Å². The van der Waals surface area contributed by atoms with Crippen molar-refractivity contribution in [2.75, 3.05) is 18.0 Å². The summed E-state index contributed by atoms with van der Waals surface area (Å²) < 4.78 is 13.5. The van der Waals surface area contributed by atoms with E-state index in [4.69, 9.17) is 5.73 Å². The van der Waals surface area contributed by atoms with Crippen molar-refractivity contribution >= 4 is 11.6 Å². The Labute approximate surface area is 118 Å². The molecular formula is C16H21FN2O. The Morgan fingerprint density at radius 1 is 1.30 bits per heavy atom. The summed E-state index contributed by atoms with van der Waals surface area (Å²) in [5, 5.41) is 0. The summed E-state index contributed by atoms with van der Waals surface area (Å²) in [5.74, 6) is -0.182. The van der Waals surface area contributed by atoms with E-state index in [2.05, 4.69) is 0 Å². The molecule has 1 amide bonds. The van der Waals surface area contributed by atoms with Gasteiger partial charge in [-0.1, -0.05) is 25.3 Å². The molecule has 3 rings (SSSR count). The van der Waals surface area contributed by atoms with Crippen LogP contribution in [0, 0.1) is 11.2 Å². The van der Waals surface area contributed by atoms with Crippen molar-refractivity contribution in [1.29, 1.82) is 0 Å². The van der Waals surface area contributed by atoms with Gasteiger partial charge in [-0.2, -0.15) is 0 Å². The summed E-state index contributed by atoms with van der Waals surface area (Å²) in [7, 11) is 0. The normalized spacial score (nSPS) is 20.8. The van der Waals surface area contributed by atoms with Gasteiger partial charge in [0.15, 0.2) is 0 Å². The Kier molecular flexibility index (Phi) is 3.50. The van der Waals surface area contributed by atoms with Gasteiger partial charge < -0.3 is 10.6 Å². The molecule has 0 bridgehead atoms. The number of carbonyl (C=O) groups is 1. The molecule has 1 fully saturated rings. The van der Waals surface area contributed by atoms with Crippen molar-refractivity contribution in [1.82, 2.24) is 0 Å². The molecule has 4 heteroatoms. The SMILES string of the molecule is NCC1(C(=O)N2CCc3ccc(F)cc32)CCCCC1. The molecule has 0 aromatic heterocycles. The lowest BCUT2D eigenvalue weighted by molar-refractivity contribution is -0.129. The molecule has 1 heterocycles.